The van der Waals surface area contributed by atoms with Crippen LogP contribution in [0.25, 0.3) is 0 Å². The Morgan fingerprint density at radius 2 is 1.85 bits per heavy atom. The van der Waals surface area contributed by atoms with Crippen LogP contribution < -0.4 is 9.47 Å². The van der Waals surface area contributed by atoms with E-state index in [4.69, 9.17) is 14.2 Å². The van der Waals surface area contributed by atoms with E-state index >= 15 is 0 Å². The summed E-state index contributed by atoms with van der Waals surface area (Å²) < 4.78 is 15.3. The minimum atomic E-state index is -1.63. The first kappa shape index (κ1) is 22.7. The number of hydrogen-bond acceptors (Lipinski definition) is 8. The quantitative estimate of drug-likeness (QED) is 0.670. The smallest absolute Gasteiger partial charge is 0.337 e. The first-order valence-corrected chi connectivity index (χ1v) is 11.1. The van der Waals surface area contributed by atoms with Crippen LogP contribution in [0.4, 0.5) is 0 Å². The Balaban J connectivity index is 1.74. The van der Waals surface area contributed by atoms with Crippen LogP contribution >= 0.6 is 11.8 Å². The monoisotopic (exact) mass is 466 g/mol. The summed E-state index contributed by atoms with van der Waals surface area (Å²) in [5, 5.41) is 22.0. The number of rotatable bonds is 5. The lowest BCUT2D eigenvalue weighted by molar-refractivity contribution is -0.149. The fourth-order valence-corrected chi connectivity index (χ4v) is 5.54. The Hall–Kier alpha value is -3.48. The van der Waals surface area contributed by atoms with Crippen molar-refractivity contribution in [2.45, 2.75) is 18.1 Å². The SMILES string of the molecule is COC(=O)c1ccc([C@H]2CC(=O)N3C(=C2C#N)SC[C@]3(O)c2ccc(OC)c(OC)c2)cc1. The maximum atomic E-state index is 13.3. The molecule has 170 valence electrons. The molecule has 2 aliphatic heterocycles. The first-order chi connectivity index (χ1) is 15.9. The molecule has 0 radical (unpaired) electrons. The second kappa shape index (κ2) is 8.81. The van der Waals surface area contributed by atoms with E-state index in [1.807, 2.05) is 0 Å². The predicted octanol–water partition coefficient (Wildman–Crippen LogP) is 3.13. The number of aliphatic hydroxyl groups is 1. The van der Waals surface area contributed by atoms with Crippen molar-refractivity contribution in [1.82, 2.24) is 4.90 Å². The van der Waals surface area contributed by atoms with E-state index in [0.717, 1.165) is 5.56 Å². The number of esters is 1. The predicted molar refractivity (Wildman–Crippen MR) is 121 cm³/mol. The molecule has 0 bridgehead atoms. The van der Waals surface area contributed by atoms with Gasteiger partial charge in [0.05, 0.1) is 49.3 Å². The number of ether oxygens (including phenoxy) is 3. The van der Waals surface area contributed by atoms with Gasteiger partial charge < -0.3 is 19.3 Å². The van der Waals surface area contributed by atoms with E-state index in [1.54, 1.807) is 42.5 Å². The molecule has 4 rings (SSSR count). The van der Waals surface area contributed by atoms with Crippen molar-refractivity contribution in [2.24, 2.45) is 0 Å². The van der Waals surface area contributed by atoms with Crippen molar-refractivity contribution in [2.75, 3.05) is 27.1 Å². The fraction of sp³-hybridized carbons (Fsp3) is 0.292. The molecule has 2 heterocycles. The minimum absolute atomic E-state index is 0.0140. The molecule has 33 heavy (non-hydrogen) atoms. The van der Waals surface area contributed by atoms with Crippen LogP contribution in [0.1, 0.15) is 33.8 Å². The summed E-state index contributed by atoms with van der Waals surface area (Å²) in [5.74, 6) is -0.126. The van der Waals surface area contributed by atoms with Crippen LogP contribution in [0, 0.1) is 11.3 Å². The third-order valence-corrected chi connectivity index (χ3v) is 7.11. The molecule has 1 amide bonds. The number of methoxy groups -OCH3 is 3. The van der Waals surface area contributed by atoms with Crippen molar-refractivity contribution in [3.63, 3.8) is 0 Å². The summed E-state index contributed by atoms with van der Waals surface area (Å²) in [6, 6.07) is 13.9. The molecular weight excluding hydrogens is 444 g/mol. The molecule has 1 saturated heterocycles. The third kappa shape index (κ3) is 3.71. The lowest BCUT2D eigenvalue weighted by Crippen LogP contribution is -2.48. The molecule has 0 saturated carbocycles. The second-order valence-corrected chi connectivity index (χ2v) is 8.57. The molecule has 2 atom stereocenters. The number of carbonyl (C=O) groups is 2. The van der Waals surface area contributed by atoms with Crippen molar-refractivity contribution in [1.29, 1.82) is 5.26 Å². The number of benzene rings is 2. The van der Waals surface area contributed by atoms with Gasteiger partial charge in [-0.25, -0.2) is 4.79 Å². The summed E-state index contributed by atoms with van der Waals surface area (Å²) in [6.07, 6.45) is 0.0140. The van der Waals surface area contributed by atoms with Crippen LogP contribution in [-0.4, -0.2) is 49.0 Å². The van der Waals surface area contributed by atoms with Crippen molar-refractivity contribution in [3.8, 4) is 17.6 Å². The van der Waals surface area contributed by atoms with Crippen LogP contribution in [0.5, 0.6) is 11.5 Å². The molecular formula is C24H22N2O6S. The van der Waals surface area contributed by atoms with Gasteiger partial charge in [0.25, 0.3) is 0 Å². The van der Waals surface area contributed by atoms with Gasteiger partial charge in [-0.2, -0.15) is 5.26 Å². The summed E-state index contributed by atoms with van der Waals surface area (Å²) in [6.45, 7) is 0. The molecule has 0 spiro atoms. The van der Waals surface area contributed by atoms with Crippen molar-refractivity contribution >= 4 is 23.6 Å². The number of fused-ring (bicyclic) bond motifs is 1. The van der Waals surface area contributed by atoms with Gasteiger partial charge in [0.1, 0.15) is 0 Å². The topological polar surface area (TPSA) is 109 Å². The lowest BCUT2D eigenvalue weighted by atomic mass is 9.85. The average Bonchev–Trinajstić information content (AvgIpc) is 3.22. The zero-order chi connectivity index (χ0) is 23.8. The number of nitrogens with zero attached hydrogens (tertiary/aromatic N) is 2. The van der Waals surface area contributed by atoms with Gasteiger partial charge in [0, 0.05) is 17.9 Å². The zero-order valence-electron chi connectivity index (χ0n) is 18.3. The van der Waals surface area contributed by atoms with Gasteiger partial charge in [0.15, 0.2) is 17.2 Å². The highest BCUT2D eigenvalue weighted by atomic mass is 32.2. The average molecular weight is 467 g/mol. The van der Waals surface area contributed by atoms with Crippen molar-refractivity contribution < 1.29 is 28.9 Å². The number of hydrogen-bond donors (Lipinski definition) is 1. The number of amides is 1. The summed E-state index contributed by atoms with van der Waals surface area (Å²) in [4.78, 5) is 26.3. The Morgan fingerprint density at radius 1 is 1.15 bits per heavy atom. The standard InChI is InChI=1S/C24H22N2O6S/c1-30-19-9-8-16(10-20(19)31-2)24(29)13-33-22-18(12-25)17(11-21(27)26(22)24)14-4-6-15(7-5-14)23(28)32-3/h4-10,17,29H,11,13H2,1-3H3/t17-,24+/m1/s1. The molecule has 1 fully saturated rings. The molecule has 0 aromatic heterocycles. The summed E-state index contributed by atoms with van der Waals surface area (Å²) in [5.41, 5.74) is 0.366. The summed E-state index contributed by atoms with van der Waals surface area (Å²) >= 11 is 1.26. The molecule has 2 aromatic carbocycles. The maximum absolute atomic E-state index is 13.3. The maximum Gasteiger partial charge on any atom is 0.337 e. The van der Waals surface area contributed by atoms with Gasteiger partial charge in [-0.3, -0.25) is 9.69 Å². The van der Waals surface area contributed by atoms with E-state index in [0.29, 0.717) is 33.2 Å². The van der Waals surface area contributed by atoms with Crippen LogP contribution in [-0.2, 0) is 15.3 Å². The lowest BCUT2D eigenvalue weighted by Gasteiger charge is -2.38. The zero-order valence-corrected chi connectivity index (χ0v) is 19.1. The number of thioether (sulfide) groups is 1. The summed E-state index contributed by atoms with van der Waals surface area (Å²) in [7, 11) is 4.32. The van der Waals surface area contributed by atoms with Crippen LogP contribution in [0.2, 0.25) is 0 Å². The highest BCUT2D eigenvalue weighted by molar-refractivity contribution is 8.03. The number of carbonyl (C=O) groups excluding carboxylic acids is 2. The highest BCUT2D eigenvalue weighted by Crippen LogP contribution is 2.52. The van der Waals surface area contributed by atoms with Crippen LogP contribution in [0.15, 0.2) is 53.1 Å². The van der Waals surface area contributed by atoms with E-state index in [1.165, 1.54) is 38.0 Å². The molecule has 8 nitrogen and oxygen atoms in total. The molecule has 0 unspecified atom stereocenters. The first-order valence-electron chi connectivity index (χ1n) is 10.1. The fourth-order valence-electron chi connectivity index (χ4n) is 4.18. The Bertz CT molecular complexity index is 1190. The molecule has 0 aliphatic carbocycles. The normalized spacial score (nSPS) is 22.0. The third-order valence-electron chi connectivity index (χ3n) is 5.89. The van der Waals surface area contributed by atoms with Gasteiger partial charge in [0.2, 0.25) is 5.91 Å². The van der Waals surface area contributed by atoms with E-state index in [-0.39, 0.29) is 18.1 Å². The van der Waals surface area contributed by atoms with E-state index in [2.05, 4.69) is 6.07 Å². The number of nitriles is 1. The Labute approximate surface area is 195 Å². The molecule has 2 aliphatic rings. The molecule has 9 heteroatoms. The Morgan fingerprint density at radius 3 is 2.45 bits per heavy atom. The largest absolute Gasteiger partial charge is 0.493 e. The van der Waals surface area contributed by atoms with E-state index in [9.17, 15) is 20.0 Å². The van der Waals surface area contributed by atoms with E-state index < -0.39 is 17.6 Å². The van der Waals surface area contributed by atoms with Gasteiger partial charge in [-0.05, 0) is 29.8 Å². The molecule has 2 aromatic rings. The van der Waals surface area contributed by atoms with Gasteiger partial charge >= 0.3 is 5.97 Å². The van der Waals surface area contributed by atoms with Crippen LogP contribution in [0.3, 0.4) is 0 Å². The van der Waals surface area contributed by atoms with Gasteiger partial charge in [-0.15, -0.1) is 11.8 Å². The number of allylic oxidation sites excluding steroid dienone is 1. The van der Waals surface area contributed by atoms with Crippen molar-refractivity contribution in [3.05, 3.63) is 69.8 Å². The van der Waals surface area contributed by atoms with Gasteiger partial charge in [-0.1, -0.05) is 18.2 Å². The minimum Gasteiger partial charge on any atom is -0.493 e. The molecule has 1 N–H and O–H groups in total. The second-order valence-electron chi connectivity index (χ2n) is 7.61. The highest BCUT2D eigenvalue weighted by Gasteiger charge is 2.52. The Kier molecular flexibility index (Phi) is 6.06.